The van der Waals surface area contributed by atoms with Crippen molar-refractivity contribution in [2.75, 3.05) is 105 Å². The second kappa shape index (κ2) is 29.0. The molecule has 32 heavy (non-hydrogen) atoms. The van der Waals surface area contributed by atoms with E-state index in [9.17, 15) is 0 Å². The predicted molar refractivity (Wildman–Crippen MR) is 126 cm³/mol. The highest BCUT2D eigenvalue weighted by Gasteiger charge is 1.96. The lowest BCUT2D eigenvalue weighted by Crippen LogP contribution is -2.15. The van der Waals surface area contributed by atoms with Gasteiger partial charge in [-0.2, -0.15) is 0 Å². The van der Waals surface area contributed by atoms with Crippen LogP contribution >= 0.6 is 11.6 Å². The van der Waals surface area contributed by atoms with Crippen LogP contribution in [0, 0.1) is 0 Å². The van der Waals surface area contributed by atoms with Crippen molar-refractivity contribution < 1.29 is 37.9 Å². The first kappa shape index (κ1) is 32.0. The molecule has 0 aliphatic carbocycles. The van der Waals surface area contributed by atoms with Crippen molar-refractivity contribution >= 4 is 11.6 Å². The number of ether oxygens (including phenoxy) is 8. The standard InChI is InChI=1S/C23H47ClO8/c1-23(2)32-22-21-31-20-19-30-18-17-29-16-15-28-14-13-27-12-11-26-10-9-25-8-6-4-3-5-7-24/h23H,3-22H2,1-2H3. The second-order valence-electron chi connectivity index (χ2n) is 7.31. The first-order valence-corrected chi connectivity index (χ1v) is 12.5. The SMILES string of the molecule is CC(C)OCCOCCOCCOCCOCCOCCOCCOCCCCCCCl. The predicted octanol–water partition coefficient (Wildman–Crippen LogP) is 3.33. The third-order valence-corrected chi connectivity index (χ3v) is 4.35. The van der Waals surface area contributed by atoms with Crippen LogP contribution < -0.4 is 0 Å². The Labute approximate surface area is 200 Å². The molecule has 0 aromatic heterocycles. The van der Waals surface area contributed by atoms with Crippen LogP contribution in [0.1, 0.15) is 39.5 Å². The third kappa shape index (κ3) is 30.0. The Balaban J connectivity index is 3.00. The molecule has 0 atom stereocenters. The first-order chi connectivity index (χ1) is 15.8. The molecule has 0 amide bonds. The summed E-state index contributed by atoms with van der Waals surface area (Å²) in [6.07, 6.45) is 4.77. The maximum absolute atomic E-state index is 5.64. The van der Waals surface area contributed by atoms with Crippen molar-refractivity contribution in [3.63, 3.8) is 0 Å². The number of alkyl halides is 1. The van der Waals surface area contributed by atoms with Gasteiger partial charge in [-0.15, -0.1) is 11.6 Å². The highest BCUT2D eigenvalue weighted by molar-refractivity contribution is 6.17. The van der Waals surface area contributed by atoms with E-state index in [1.165, 1.54) is 12.8 Å². The van der Waals surface area contributed by atoms with Gasteiger partial charge in [-0.25, -0.2) is 0 Å². The minimum atomic E-state index is 0.241. The van der Waals surface area contributed by atoms with E-state index in [1.807, 2.05) is 13.8 Å². The molecule has 0 rings (SSSR count). The molecule has 0 aromatic carbocycles. The zero-order valence-electron chi connectivity index (χ0n) is 20.4. The molecule has 8 nitrogen and oxygen atoms in total. The van der Waals surface area contributed by atoms with E-state index >= 15 is 0 Å². The lowest BCUT2D eigenvalue weighted by molar-refractivity contribution is -0.0256. The van der Waals surface area contributed by atoms with Gasteiger partial charge in [-0.1, -0.05) is 12.8 Å². The maximum atomic E-state index is 5.64. The third-order valence-electron chi connectivity index (χ3n) is 4.08. The summed E-state index contributed by atoms with van der Waals surface area (Å²) >= 11 is 5.64. The van der Waals surface area contributed by atoms with E-state index in [4.69, 9.17) is 49.5 Å². The molecule has 0 bridgehead atoms. The van der Waals surface area contributed by atoms with Gasteiger partial charge in [0.25, 0.3) is 0 Å². The van der Waals surface area contributed by atoms with Gasteiger partial charge in [-0.3, -0.25) is 0 Å². The maximum Gasteiger partial charge on any atom is 0.0703 e. The molecule has 0 saturated heterocycles. The summed E-state index contributed by atoms with van der Waals surface area (Å²) in [5.41, 5.74) is 0. The lowest BCUT2D eigenvalue weighted by Gasteiger charge is -2.09. The largest absolute Gasteiger partial charge is 0.379 e. The fourth-order valence-electron chi connectivity index (χ4n) is 2.42. The van der Waals surface area contributed by atoms with Crippen molar-refractivity contribution in [3.8, 4) is 0 Å². The molecule has 0 N–H and O–H groups in total. The van der Waals surface area contributed by atoms with E-state index < -0.39 is 0 Å². The van der Waals surface area contributed by atoms with Gasteiger partial charge in [0.15, 0.2) is 0 Å². The summed E-state index contributed by atoms with van der Waals surface area (Å²) in [6, 6.07) is 0. The van der Waals surface area contributed by atoms with Crippen LogP contribution in [0.5, 0.6) is 0 Å². The van der Waals surface area contributed by atoms with Gasteiger partial charge >= 0.3 is 0 Å². The average Bonchev–Trinajstić information content (AvgIpc) is 2.78. The Bertz CT molecular complexity index is 337. The Kier molecular flexibility index (Phi) is 29.0. The van der Waals surface area contributed by atoms with Crippen LogP contribution in [-0.4, -0.2) is 111 Å². The molecule has 0 aliphatic heterocycles. The zero-order valence-corrected chi connectivity index (χ0v) is 21.1. The Morgan fingerprint density at radius 2 is 0.719 bits per heavy atom. The van der Waals surface area contributed by atoms with E-state index in [0.717, 1.165) is 25.3 Å². The molecule has 0 saturated carbocycles. The molecule has 0 aliphatic rings. The fraction of sp³-hybridized carbons (Fsp3) is 1.00. The number of hydrogen-bond acceptors (Lipinski definition) is 8. The average molecular weight is 487 g/mol. The van der Waals surface area contributed by atoms with Gasteiger partial charge in [0.1, 0.15) is 0 Å². The van der Waals surface area contributed by atoms with E-state index in [-0.39, 0.29) is 6.10 Å². The summed E-state index contributed by atoms with van der Waals surface area (Å²) < 4.78 is 43.5. The van der Waals surface area contributed by atoms with Crippen LogP contribution in [0.15, 0.2) is 0 Å². The normalized spacial score (nSPS) is 11.6. The Hall–Kier alpha value is -0.0300. The molecule has 194 valence electrons. The van der Waals surface area contributed by atoms with E-state index in [2.05, 4.69) is 0 Å². The van der Waals surface area contributed by atoms with Gasteiger partial charge < -0.3 is 37.9 Å². The van der Waals surface area contributed by atoms with Crippen LogP contribution in [0.2, 0.25) is 0 Å². The highest BCUT2D eigenvalue weighted by Crippen LogP contribution is 2.01. The number of unbranched alkanes of at least 4 members (excludes halogenated alkanes) is 3. The van der Waals surface area contributed by atoms with E-state index in [1.54, 1.807) is 0 Å². The molecular weight excluding hydrogens is 440 g/mol. The Morgan fingerprint density at radius 3 is 1.06 bits per heavy atom. The van der Waals surface area contributed by atoms with Gasteiger partial charge in [-0.05, 0) is 26.7 Å². The van der Waals surface area contributed by atoms with Gasteiger partial charge in [0.2, 0.25) is 0 Å². The fourth-order valence-corrected chi connectivity index (χ4v) is 2.61. The van der Waals surface area contributed by atoms with E-state index in [0.29, 0.717) is 92.5 Å². The van der Waals surface area contributed by atoms with Crippen LogP contribution in [0.25, 0.3) is 0 Å². The molecule has 0 radical (unpaired) electrons. The molecule has 0 spiro atoms. The Morgan fingerprint density at radius 1 is 0.406 bits per heavy atom. The number of hydrogen-bond donors (Lipinski definition) is 0. The molecule has 0 aromatic rings. The van der Waals surface area contributed by atoms with Crippen molar-refractivity contribution in [1.82, 2.24) is 0 Å². The molecule has 0 fully saturated rings. The molecule has 9 heteroatoms. The number of rotatable bonds is 28. The zero-order chi connectivity index (χ0) is 23.4. The summed E-state index contributed by atoms with van der Waals surface area (Å²) in [6.45, 7) is 12.8. The quantitative estimate of drug-likeness (QED) is 0.123. The summed E-state index contributed by atoms with van der Waals surface area (Å²) in [5.74, 6) is 0.750. The van der Waals surface area contributed by atoms with Crippen molar-refractivity contribution in [3.05, 3.63) is 0 Å². The molecular formula is C23H47ClO8. The summed E-state index contributed by atoms with van der Waals surface area (Å²) in [4.78, 5) is 0. The smallest absolute Gasteiger partial charge is 0.0703 e. The molecule has 0 unspecified atom stereocenters. The second-order valence-corrected chi connectivity index (χ2v) is 7.69. The highest BCUT2D eigenvalue weighted by atomic mass is 35.5. The van der Waals surface area contributed by atoms with Crippen LogP contribution in [0.3, 0.4) is 0 Å². The van der Waals surface area contributed by atoms with Crippen molar-refractivity contribution in [2.45, 2.75) is 45.6 Å². The summed E-state index contributed by atoms with van der Waals surface area (Å²) in [5, 5.41) is 0. The van der Waals surface area contributed by atoms with Crippen molar-refractivity contribution in [2.24, 2.45) is 0 Å². The summed E-state index contributed by atoms with van der Waals surface area (Å²) in [7, 11) is 0. The topological polar surface area (TPSA) is 73.8 Å². The van der Waals surface area contributed by atoms with Crippen molar-refractivity contribution in [1.29, 1.82) is 0 Å². The van der Waals surface area contributed by atoms with Crippen LogP contribution in [-0.2, 0) is 37.9 Å². The minimum Gasteiger partial charge on any atom is -0.379 e. The van der Waals surface area contributed by atoms with Gasteiger partial charge in [0.05, 0.1) is 98.6 Å². The minimum absolute atomic E-state index is 0.241. The monoisotopic (exact) mass is 486 g/mol. The first-order valence-electron chi connectivity index (χ1n) is 12.0. The lowest BCUT2D eigenvalue weighted by atomic mass is 10.2. The van der Waals surface area contributed by atoms with Crippen LogP contribution in [0.4, 0.5) is 0 Å². The van der Waals surface area contributed by atoms with Gasteiger partial charge in [0, 0.05) is 12.5 Å². The number of halogens is 1. The molecule has 0 heterocycles.